The molecule has 2 N–H and O–H groups in total. The number of hydrogen-bond acceptors (Lipinski definition) is 8. The number of nitro benzene ring substituents is 1. The van der Waals surface area contributed by atoms with Gasteiger partial charge in [-0.1, -0.05) is 6.07 Å². The Morgan fingerprint density at radius 3 is 2.53 bits per heavy atom. The van der Waals surface area contributed by atoms with Gasteiger partial charge < -0.3 is 20.1 Å². The van der Waals surface area contributed by atoms with Gasteiger partial charge in [-0.25, -0.2) is 4.79 Å². The van der Waals surface area contributed by atoms with E-state index in [2.05, 4.69) is 10.6 Å². The minimum atomic E-state index is -0.540. The Balaban J connectivity index is 1.37. The molecule has 4 rings (SSSR count). The number of nitrogens with one attached hydrogen (secondary N) is 2. The molecule has 36 heavy (non-hydrogen) atoms. The van der Waals surface area contributed by atoms with Gasteiger partial charge in [0.15, 0.2) is 6.61 Å². The number of ether oxygens (including phenoxy) is 2. The third-order valence-corrected chi connectivity index (χ3v) is 6.82. The van der Waals surface area contributed by atoms with Crippen LogP contribution in [0.3, 0.4) is 0 Å². The molecule has 2 aromatic carbocycles. The average Bonchev–Trinajstić information content (AvgIpc) is 3.25. The number of esters is 1. The Hall–Kier alpha value is -4.25. The number of thiophene rings is 1. The van der Waals surface area contributed by atoms with Crippen LogP contribution < -0.4 is 15.4 Å². The second-order valence-corrected chi connectivity index (χ2v) is 9.13. The normalized spacial score (nSPS) is 12.2. The molecular weight excluding hydrogens is 486 g/mol. The van der Waals surface area contributed by atoms with E-state index in [0.29, 0.717) is 22.0 Å². The molecule has 1 aliphatic rings. The fraction of sp³-hybridized carbons (Fsp3) is 0.240. The Kier molecular flexibility index (Phi) is 7.59. The van der Waals surface area contributed by atoms with Gasteiger partial charge in [-0.3, -0.25) is 19.7 Å². The standard InChI is InChI=1S/C25H23N3O7S/c1-34-25(31)22-19-7-2-3-8-20(19)36-24(22)27-21(29)14-35-18-6-4-5-16(13-18)26-23(30)15-9-11-17(12-10-15)28(32)33/h4-6,9-13H,2-3,7-8,14H2,1H3,(H,26,30)(H,27,29). The number of anilines is 2. The van der Waals surface area contributed by atoms with E-state index in [0.717, 1.165) is 36.1 Å². The third-order valence-electron chi connectivity index (χ3n) is 5.62. The highest BCUT2D eigenvalue weighted by molar-refractivity contribution is 7.17. The molecule has 186 valence electrons. The summed E-state index contributed by atoms with van der Waals surface area (Å²) in [5, 5.41) is 16.7. The van der Waals surface area contributed by atoms with Gasteiger partial charge in [0, 0.05) is 34.3 Å². The van der Waals surface area contributed by atoms with E-state index in [4.69, 9.17) is 9.47 Å². The number of methoxy groups -OCH3 is 1. The molecule has 3 aromatic rings. The lowest BCUT2D eigenvalue weighted by atomic mass is 9.95. The number of fused-ring (bicyclic) bond motifs is 1. The van der Waals surface area contributed by atoms with Crippen molar-refractivity contribution in [3.63, 3.8) is 0 Å². The quantitative estimate of drug-likeness (QED) is 0.257. The van der Waals surface area contributed by atoms with Crippen LogP contribution in [0.4, 0.5) is 16.4 Å². The Morgan fingerprint density at radius 1 is 1.06 bits per heavy atom. The minimum Gasteiger partial charge on any atom is -0.484 e. The van der Waals surface area contributed by atoms with Crippen LogP contribution in [0.25, 0.3) is 0 Å². The molecule has 0 bridgehead atoms. The van der Waals surface area contributed by atoms with Gasteiger partial charge in [0.2, 0.25) is 0 Å². The number of benzene rings is 2. The van der Waals surface area contributed by atoms with Gasteiger partial charge in [0.1, 0.15) is 10.8 Å². The summed E-state index contributed by atoms with van der Waals surface area (Å²) in [6.45, 7) is -0.303. The van der Waals surface area contributed by atoms with Crippen molar-refractivity contribution in [3.05, 3.63) is 80.2 Å². The maximum absolute atomic E-state index is 12.6. The molecule has 0 unspecified atom stereocenters. The van der Waals surface area contributed by atoms with Crippen LogP contribution in [-0.4, -0.2) is 36.4 Å². The lowest BCUT2D eigenvalue weighted by Gasteiger charge is -2.12. The summed E-state index contributed by atoms with van der Waals surface area (Å²) in [7, 11) is 1.32. The van der Waals surface area contributed by atoms with E-state index < -0.39 is 22.7 Å². The van der Waals surface area contributed by atoms with Gasteiger partial charge in [-0.2, -0.15) is 0 Å². The fourth-order valence-corrected chi connectivity index (χ4v) is 5.18. The summed E-state index contributed by atoms with van der Waals surface area (Å²) in [5.41, 5.74) is 1.94. The van der Waals surface area contributed by atoms with Crippen molar-refractivity contribution in [1.82, 2.24) is 0 Å². The number of hydrogen-bond donors (Lipinski definition) is 2. The van der Waals surface area contributed by atoms with E-state index in [-0.39, 0.29) is 17.9 Å². The monoisotopic (exact) mass is 509 g/mol. The second kappa shape index (κ2) is 11.0. The van der Waals surface area contributed by atoms with Crippen LogP contribution in [-0.2, 0) is 22.4 Å². The van der Waals surface area contributed by atoms with Crippen LogP contribution in [0.1, 0.15) is 44.0 Å². The largest absolute Gasteiger partial charge is 0.484 e. The first-order chi connectivity index (χ1) is 17.4. The number of non-ortho nitro benzene ring substituents is 1. The van der Waals surface area contributed by atoms with Gasteiger partial charge in [0.05, 0.1) is 17.6 Å². The van der Waals surface area contributed by atoms with Crippen LogP contribution in [0.5, 0.6) is 5.75 Å². The summed E-state index contributed by atoms with van der Waals surface area (Å²) in [6.07, 6.45) is 3.68. The fourth-order valence-electron chi connectivity index (χ4n) is 3.88. The van der Waals surface area contributed by atoms with Crippen LogP contribution >= 0.6 is 11.3 Å². The highest BCUT2D eigenvalue weighted by Gasteiger charge is 2.27. The molecular formula is C25H23N3O7S. The van der Waals surface area contributed by atoms with Crippen molar-refractivity contribution in [3.8, 4) is 5.75 Å². The maximum atomic E-state index is 12.6. The number of carbonyl (C=O) groups excluding carboxylic acids is 3. The van der Waals surface area contributed by atoms with E-state index in [9.17, 15) is 24.5 Å². The van der Waals surface area contributed by atoms with Crippen molar-refractivity contribution in [1.29, 1.82) is 0 Å². The molecule has 1 aromatic heterocycles. The lowest BCUT2D eigenvalue weighted by molar-refractivity contribution is -0.384. The first-order valence-corrected chi connectivity index (χ1v) is 12.0. The molecule has 0 saturated carbocycles. The van der Waals surface area contributed by atoms with Crippen molar-refractivity contribution in [2.45, 2.75) is 25.7 Å². The number of aryl methyl sites for hydroxylation is 1. The summed E-state index contributed by atoms with van der Waals surface area (Å²) < 4.78 is 10.5. The Labute approximate surface area is 210 Å². The predicted molar refractivity (Wildman–Crippen MR) is 134 cm³/mol. The van der Waals surface area contributed by atoms with Crippen LogP contribution in [0, 0.1) is 10.1 Å². The smallest absolute Gasteiger partial charge is 0.341 e. The van der Waals surface area contributed by atoms with Crippen molar-refractivity contribution >= 4 is 45.5 Å². The lowest BCUT2D eigenvalue weighted by Crippen LogP contribution is -2.21. The summed E-state index contributed by atoms with van der Waals surface area (Å²) in [4.78, 5) is 48.7. The van der Waals surface area contributed by atoms with Crippen molar-refractivity contribution in [2.24, 2.45) is 0 Å². The molecule has 0 atom stereocenters. The molecule has 0 fully saturated rings. The summed E-state index contributed by atoms with van der Waals surface area (Å²) in [5.74, 6) is -0.997. The number of carbonyl (C=O) groups is 3. The summed E-state index contributed by atoms with van der Waals surface area (Å²) >= 11 is 1.39. The molecule has 1 heterocycles. The molecule has 11 heteroatoms. The number of amides is 2. The SMILES string of the molecule is COC(=O)c1c(NC(=O)COc2cccc(NC(=O)c3ccc([N+](=O)[O-])cc3)c2)sc2c1CCCC2. The summed E-state index contributed by atoms with van der Waals surface area (Å²) in [6, 6.07) is 11.7. The second-order valence-electron chi connectivity index (χ2n) is 8.03. The third kappa shape index (κ3) is 5.69. The van der Waals surface area contributed by atoms with E-state index in [1.807, 2.05) is 0 Å². The van der Waals surface area contributed by atoms with Crippen molar-refractivity contribution < 1.29 is 28.8 Å². The van der Waals surface area contributed by atoms with Gasteiger partial charge >= 0.3 is 5.97 Å². The molecule has 2 amide bonds. The zero-order valence-electron chi connectivity index (χ0n) is 19.4. The van der Waals surface area contributed by atoms with Gasteiger partial charge in [-0.05, 0) is 55.5 Å². The van der Waals surface area contributed by atoms with E-state index in [1.165, 1.54) is 42.7 Å². The van der Waals surface area contributed by atoms with Crippen LogP contribution in [0.2, 0.25) is 0 Å². The molecule has 1 aliphatic carbocycles. The van der Waals surface area contributed by atoms with Gasteiger partial charge in [0.25, 0.3) is 17.5 Å². The highest BCUT2D eigenvalue weighted by Crippen LogP contribution is 2.38. The first kappa shape index (κ1) is 24.9. The maximum Gasteiger partial charge on any atom is 0.341 e. The molecule has 0 radical (unpaired) electrons. The number of nitrogens with zero attached hydrogens (tertiary/aromatic N) is 1. The number of rotatable bonds is 8. The zero-order chi connectivity index (χ0) is 25.7. The zero-order valence-corrected chi connectivity index (χ0v) is 20.2. The minimum absolute atomic E-state index is 0.110. The molecule has 10 nitrogen and oxygen atoms in total. The topological polar surface area (TPSA) is 137 Å². The predicted octanol–water partition coefficient (Wildman–Crippen LogP) is 4.59. The Bertz CT molecular complexity index is 1320. The molecule has 0 aliphatic heterocycles. The molecule has 0 spiro atoms. The highest BCUT2D eigenvalue weighted by atomic mass is 32.1. The first-order valence-electron chi connectivity index (χ1n) is 11.2. The molecule has 0 saturated heterocycles. The van der Waals surface area contributed by atoms with Gasteiger partial charge in [-0.15, -0.1) is 11.3 Å². The van der Waals surface area contributed by atoms with Crippen molar-refractivity contribution in [2.75, 3.05) is 24.4 Å². The van der Waals surface area contributed by atoms with E-state index >= 15 is 0 Å². The Morgan fingerprint density at radius 2 is 1.81 bits per heavy atom. The van der Waals surface area contributed by atoms with Crippen LogP contribution in [0.15, 0.2) is 48.5 Å². The number of nitro groups is 1. The average molecular weight is 510 g/mol. The van der Waals surface area contributed by atoms with E-state index in [1.54, 1.807) is 24.3 Å².